The van der Waals surface area contributed by atoms with Crippen LogP contribution in [0.2, 0.25) is 0 Å². The molecule has 2 N–H and O–H groups in total. The molecular weight excluding hydrogens is 220 g/mol. The van der Waals surface area contributed by atoms with Gasteiger partial charge in [-0.15, -0.1) is 0 Å². The number of amides is 1. The Morgan fingerprint density at radius 3 is 2.88 bits per heavy atom. The van der Waals surface area contributed by atoms with Gasteiger partial charge in [0.15, 0.2) is 0 Å². The Morgan fingerprint density at radius 1 is 1.59 bits per heavy atom. The van der Waals surface area contributed by atoms with E-state index in [1.165, 1.54) is 0 Å². The highest BCUT2D eigenvalue weighted by Gasteiger charge is 2.17. The van der Waals surface area contributed by atoms with E-state index in [2.05, 4.69) is 5.10 Å². The molecule has 0 spiro atoms. The molecule has 0 radical (unpaired) electrons. The van der Waals surface area contributed by atoms with E-state index in [4.69, 9.17) is 10.5 Å². The van der Waals surface area contributed by atoms with E-state index in [0.717, 1.165) is 6.42 Å². The molecule has 0 aliphatic carbocycles. The molecule has 6 nitrogen and oxygen atoms in total. The average Bonchev–Trinajstić information content (AvgIpc) is 2.75. The predicted octanol–water partition coefficient (Wildman–Crippen LogP) is -0.142. The number of carbonyl (C=O) groups is 1. The summed E-state index contributed by atoms with van der Waals surface area (Å²) < 4.78 is 6.61. The lowest BCUT2D eigenvalue weighted by Gasteiger charge is -2.21. The Balaban J connectivity index is 2.64. The average molecular weight is 240 g/mol. The van der Waals surface area contributed by atoms with Gasteiger partial charge in [0.05, 0.1) is 6.61 Å². The van der Waals surface area contributed by atoms with Gasteiger partial charge in [-0.1, -0.05) is 0 Å². The summed E-state index contributed by atoms with van der Waals surface area (Å²) in [5, 5.41) is 4.10. The fourth-order valence-corrected chi connectivity index (χ4v) is 1.49. The summed E-state index contributed by atoms with van der Waals surface area (Å²) in [5.74, 6) is -0.0731. The normalized spacial score (nSPS) is 10.5. The second-order valence-electron chi connectivity index (χ2n) is 3.80. The highest BCUT2D eigenvalue weighted by Crippen LogP contribution is 2.02. The van der Waals surface area contributed by atoms with Gasteiger partial charge in [-0.2, -0.15) is 5.10 Å². The number of nitrogens with two attached hydrogens (primary N) is 1. The topological polar surface area (TPSA) is 73.4 Å². The van der Waals surface area contributed by atoms with Gasteiger partial charge in [-0.25, -0.2) is 0 Å². The summed E-state index contributed by atoms with van der Waals surface area (Å²) in [6, 6.07) is 1.71. The molecular formula is C11H20N4O2. The fourth-order valence-electron chi connectivity index (χ4n) is 1.49. The third-order valence-corrected chi connectivity index (χ3v) is 2.42. The van der Waals surface area contributed by atoms with Crippen LogP contribution < -0.4 is 5.73 Å². The molecule has 1 amide bonds. The van der Waals surface area contributed by atoms with Crippen LogP contribution in [-0.2, 0) is 11.8 Å². The lowest BCUT2D eigenvalue weighted by Crippen LogP contribution is -2.35. The van der Waals surface area contributed by atoms with Gasteiger partial charge in [0.25, 0.3) is 5.91 Å². The van der Waals surface area contributed by atoms with Crippen LogP contribution in [0.4, 0.5) is 0 Å². The maximum Gasteiger partial charge on any atom is 0.274 e. The van der Waals surface area contributed by atoms with E-state index in [9.17, 15) is 4.79 Å². The number of aryl methyl sites for hydroxylation is 1. The van der Waals surface area contributed by atoms with Crippen LogP contribution in [0.25, 0.3) is 0 Å². The minimum atomic E-state index is -0.0731. The number of hydrogen-bond donors (Lipinski definition) is 1. The third kappa shape index (κ3) is 4.16. The molecule has 0 saturated heterocycles. The van der Waals surface area contributed by atoms with Crippen molar-refractivity contribution < 1.29 is 9.53 Å². The molecule has 0 saturated carbocycles. The van der Waals surface area contributed by atoms with Crippen LogP contribution in [0.15, 0.2) is 12.3 Å². The van der Waals surface area contributed by atoms with E-state index in [0.29, 0.717) is 31.9 Å². The van der Waals surface area contributed by atoms with Crippen molar-refractivity contribution in [3.8, 4) is 0 Å². The molecule has 0 atom stereocenters. The first-order chi connectivity index (χ1) is 8.19. The Labute approximate surface area is 101 Å². The van der Waals surface area contributed by atoms with Crippen molar-refractivity contribution in [3.63, 3.8) is 0 Å². The van der Waals surface area contributed by atoms with Crippen molar-refractivity contribution >= 4 is 5.91 Å². The number of carbonyl (C=O) groups excluding carboxylic acids is 1. The van der Waals surface area contributed by atoms with Gasteiger partial charge in [0.1, 0.15) is 5.69 Å². The summed E-state index contributed by atoms with van der Waals surface area (Å²) in [4.78, 5) is 13.8. The smallest absolute Gasteiger partial charge is 0.274 e. The summed E-state index contributed by atoms with van der Waals surface area (Å²) in [6.45, 7) is 2.28. The quantitative estimate of drug-likeness (QED) is 0.720. The molecule has 0 aromatic carbocycles. The van der Waals surface area contributed by atoms with Gasteiger partial charge in [-0.05, 0) is 19.0 Å². The van der Waals surface area contributed by atoms with E-state index < -0.39 is 0 Å². The molecule has 0 aliphatic heterocycles. The van der Waals surface area contributed by atoms with Crippen molar-refractivity contribution in [2.45, 2.75) is 6.42 Å². The molecule has 0 fully saturated rings. The maximum atomic E-state index is 12.1. The monoisotopic (exact) mass is 240 g/mol. The number of hydrogen-bond acceptors (Lipinski definition) is 4. The molecule has 1 aromatic rings. The van der Waals surface area contributed by atoms with Gasteiger partial charge in [-0.3, -0.25) is 9.48 Å². The van der Waals surface area contributed by atoms with Gasteiger partial charge in [0.2, 0.25) is 0 Å². The van der Waals surface area contributed by atoms with E-state index >= 15 is 0 Å². The molecule has 1 aromatic heterocycles. The van der Waals surface area contributed by atoms with E-state index in [1.807, 2.05) is 0 Å². The third-order valence-electron chi connectivity index (χ3n) is 2.42. The number of nitrogens with zero attached hydrogens (tertiary/aromatic N) is 3. The first-order valence-corrected chi connectivity index (χ1v) is 5.67. The van der Waals surface area contributed by atoms with Gasteiger partial charge >= 0.3 is 0 Å². The standard InChI is InChI=1S/C11H20N4O2/c1-14-7-4-10(13-14)11(16)15(6-3-5-12)8-9-17-2/h4,7H,3,5-6,8-9,12H2,1-2H3. The van der Waals surface area contributed by atoms with E-state index in [1.54, 1.807) is 36.0 Å². The SMILES string of the molecule is COCCN(CCCN)C(=O)c1ccn(C)n1. The zero-order valence-electron chi connectivity index (χ0n) is 10.4. The molecule has 1 rings (SSSR count). The van der Waals surface area contributed by atoms with Crippen molar-refractivity contribution in [3.05, 3.63) is 18.0 Å². The van der Waals surface area contributed by atoms with Gasteiger partial charge in [0, 0.05) is 33.4 Å². The summed E-state index contributed by atoms with van der Waals surface area (Å²) in [6.07, 6.45) is 2.53. The Morgan fingerprint density at radius 2 is 2.35 bits per heavy atom. The molecule has 6 heteroatoms. The lowest BCUT2D eigenvalue weighted by molar-refractivity contribution is 0.0688. The number of methoxy groups -OCH3 is 1. The maximum absolute atomic E-state index is 12.1. The molecule has 0 bridgehead atoms. The number of rotatable bonds is 7. The van der Waals surface area contributed by atoms with E-state index in [-0.39, 0.29) is 5.91 Å². The summed E-state index contributed by atoms with van der Waals surface area (Å²) >= 11 is 0. The van der Waals surface area contributed by atoms with Crippen LogP contribution in [0.3, 0.4) is 0 Å². The molecule has 96 valence electrons. The molecule has 0 unspecified atom stereocenters. The van der Waals surface area contributed by atoms with Crippen LogP contribution >= 0.6 is 0 Å². The number of aromatic nitrogens is 2. The van der Waals surface area contributed by atoms with Crippen LogP contribution in [0.5, 0.6) is 0 Å². The molecule has 0 aliphatic rings. The Bertz CT molecular complexity index is 343. The van der Waals surface area contributed by atoms with Crippen molar-refractivity contribution in [1.82, 2.24) is 14.7 Å². The van der Waals surface area contributed by atoms with Crippen LogP contribution in [0, 0.1) is 0 Å². The first kappa shape index (κ1) is 13.7. The highest BCUT2D eigenvalue weighted by molar-refractivity contribution is 5.92. The largest absolute Gasteiger partial charge is 0.383 e. The Hall–Kier alpha value is -1.40. The molecule has 1 heterocycles. The van der Waals surface area contributed by atoms with Crippen molar-refractivity contribution in [1.29, 1.82) is 0 Å². The first-order valence-electron chi connectivity index (χ1n) is 5.67. The summed E-state index contributed by atoms with van der Waals surface area (Å²) in [5.41, 5.74) is 5.92. The zero-order valence-corrected chi connectivity index (χ0v) is 10.4. The minimum Gasteiger partial charge on any atom is -0.383 e. The Kier molecular flexibility index (Phi) is 5.65. The predicted molar refractivity (Wildman–Crippen MR) is 64.7 cm³/mol. The zero-order chi connectivity index (χ0) is 12.7. The van der Waals surface area contributed by atoms with Gasteiger partial charge < -0.3 is 15.4 Å². The second kappa shape index (κ2) is 7.03. The summed E-state index contributed by atoms with van der Waals surface area (Å²) in [7, 11) is 3.41. The van der Waals surface area contributed by atoms with Crippen LogP contribution in [0.1, 0.15) is 16.9 Å². The minimum absolute atomic E-state index is 0.0731. The fraction of sp³-hybridized carbons (Fsp3) is 0.636. The second-order valence-corrected chi connectivity index (χ2v) is 3.80. The lowest BCUT2D eigenvalue weighted by atomic mass is 10.3. The van der Waals surface area contributed by atoms with Crippen molar-refractivity contribution in [2.75, 3.05) is 33.4 Å². The highest BCUT2D eigenvalue weighted by atomic mass is 16.5. The van der Waals surface area contributed by atoms with Crippen molar-refractivity contribution in [2.24, 2.45) is 12.8 Å². The van der Waals surface area contributed by atoms with Crippen LogP contribution in [-0.4, -0.2) is 53.9 Å². The number of ether oxygens (including phenoxy) is 1. The molecule has 17 heavy (non-hydrogen) atoms.